The third-order valence-corrected chi connectivity index (χ3v) is 35.0. The molecular weight excluding hydrogens is 735 g/mol. The Morgan fingerprint density at radius 1 is 0.592 bits per heavy atom. The van der Waals surface area contributed by atoms with Crippen molar-refractivity contribution in [2.45, 2.75) is 65.3 Å². The zero-order valence-corrected chi connectivity index (χ0v) is 35.2. The summed E-state index contributed by atoms with van der Waals surface area (Å²) >= 11 is -4.25. The third-order valence-electron chi connectivity index (χ3n) is 11.2. The summed E-state index contributed by atoms with van der Waals surface area (Å²) in [6.07, 6.45) is 8.89. The Bertz CT molecular complexity index is 2010. The van der Waals surface area contributed by atoms with E-state index in [1.54, 1.807) is 3.27 Å². The molecule has 2 aliphatic carbocycles. The van der Waals surface area contributed by atoms with Gasteiger partial charge in [-0.1, -0.05) is 0 Å². The van der Waals surface area contributed by atoms with Crippen LogP contribution in [0.25, 0.3) is 34.7 Å². The van der Waals surface area contributed by atoms with Crippen LogP contribution in [-0.2, 0) is 17.4 Å². The molecule has 2 atom stereocenters. The van der Waals surface area contributed by atoms with Gasteiger partial charge < -0.3 is 0 Å². The summed E-state index contributed by atoms with van der Waals surface area (Å²) in [7, 11) is 0. The predicted molar refractivity (Wildman–Crippen MR) is 215 cm³/mol. The largest absolute Gasteiger partial charge is 0.147 e. The molecule has 2 aliphatic rings. The maximum atomic E-state index is 4.87. The predicted octanol–water partition coefficient (Wildman–Crippen LogP) is 11.1. The van der Waals surface area contributed by atoms with E-state index in [4.69, 9.17) is 9.97 Å². The SMILES string of the molecule is CC1=Cc2c(-c3ccccn3)cc(C(C)C)cc2[CH]1[Zr]([CH3])(=[SiH2])([c]1ccccc1)[CH]1C(C)=Cc2c(-c3ccccn3)cc(C(C)C)cc21.Cl.Cl. The van der Waals surface area contributed by atoms with E-state index >= 15 is 0 Å². The minimum Gasteiger partial charge on any atom is -0.147 e. The summed E-state index contributed by atoms with van der Waals surface area (Å²) in [6.45, 7) is 16.6. The van der Waals surface area contributed by atoms with Crippen molar-refractivity contribution in [1.82, 2.24) is 9.97 Å². The number of halogens is 2. The molecule has 0 fully saturated rings. The molecule has 2 unspecified atom stereocenters. The van der Waals surface area contributed by atoms with Crippen LogP contribution >= 0.6 is 24.8 Å². The van der Waals surface area contributed by atoms with Crippen molar-refractivity contribution in [1.29, 1.82) is 0 Å². The van der Waals surface area contributed by atoms with Gasteiger partial charge in [-0.05, 0) is 0 Å². The Balaban J connectivity index is 0.00000234. The van der Waals surface area contributed by atoms with E-state index in [1.807, 2.05) is 24.5 Å². The Kier molecular flexibility index (Phi) is 10.7. The van der Waals surface area contributed by atoms with E-state index < -0.39 is 17.4 Å². The van der Waals surface area contributed by atoms with E-state index in [0.717, 1.165) is 11.4 Å². The number of rotatable bonds is 7. The molecule has 2 nitrogen and oxygen atoms in total. The second-order valence-corrected chi connectivity index (χ2v) is 41.4. The van der Waals surface area contributed by atoms with Crippen LogP contribution in [0.3, 0.4) is 0 Å². The zero-order chi connectivity index (χ0) is 33.1. The van der Waals surface area contributed by atoms with Crippen molar-refractivity contribution in [2.24, 2.45) is 0 Å². The van der Waals surface area contributed by atoms with E-state index in [2.05, 4.69) is 144 Å². The topological polar surface area (TPSA) is 25.8 Å². The number of hydrogen-bond acceptors (Lipinski definition) is 2. The normalized spacial score (nSPS) is 16.8. The minimum atomic E-state index is -4.25. The molecule has 2 heterocycles. The van der Waals surface area contributed by atoms with Gasteiger partial charge in [-0.25, -0.2) is 0 Å². The molecule has 5 aromatic rings. The number of nitrogens with zero attached hydrogens (tertiary/aromatic N) is 2. The number of benzene rings is 3. The van der Waals surface area contributed by atoms with Crippen molar-refractivity contribution >= 4 is 47.1 Å². The molecule has 6 heteroatoms. The number of pyridine rings is 2. The molecule has 0 saturated carbocycles. The number of allylic oxidation sites excluding steroid dienone is 2. The van der Waals surface area contributed by atoms with Gasteiger partial charge in [0.15, 0.2) is 0 Å². The summed E-state index contributed by atoms with van der Waals surface area (Å²) in [5.41, 5.74) is 16.2. The first-order valence-corrected chi connectivity index (χ1v) is 29.6. The second kappa shape index (κ2) is 14.0. The van der Waals surface area contributed by atoms with Crippen LogP contribution in [0.1, 0.15) is 94.0 Å². The smallest absolute Gasteiger partial charge is 0.147 e. The van der Waals surface area contributed by atoms with Crippen LogP contribution < -0.4 is 3.27 Å². The molecule has 0 saturated heterocycles. The van der Waals surface area contributed by atoms with Crippen molar-refractivity contribution in [3.8, 4) is 22.5 Å². The number of aromatic nitrogens is 2. The summed E-state index contributed by atoms with van der Waals surface area (Å²) in [5, 5.41) is 0. The molecule has 0 radical (unpaired) electrons. The van der Waals surface area contributed by atoms with Crippen LogP contribution in [0.15, 0.2) is 115 Å². The molecule has 0 bridgehead atoms. The van der Waals surface area contributed by atoms with Crippen molar-refractivity contribution in [3.05, 3.63) is 148 Å². The van der Waals surface area contributed by atoms with E-state index in [1.165, 1.54) is 55.7 Å². The van der Waals surface area contributed by atoms with Gasteiger partial charge in [0.05, 0.1) is 0 Å². The van der Waals surface area contributed by atoms with Crippen LogP contribution in [0.2, 0.25) is 4.63 Å². The van der Waals surface area contributed by atoms with Gasteiger partial charge in [-0.2, -0.15) is 0 Å². The monoisotopic (exact) mass is 780 g/mol. The Hall–Kier alpha value is -2.88. The summed E-state index contributed by atoms with van der Waals surface area (Å²) in [4.78, 5) is 9.75. The van der Waals surface area contributed by atoms with Gasteiger partial charge in [0, 0.05) is 0 Å². The first kappa shape index (κ1) is 37.4. The molecule has 0 spiro atoms. The van der Waals surface area contributed by atoms with Crippen LogP contribution in [0.4, 0.5) is 0 Å². The molecule has 0 amide bonds. The first-order chi connectivity index (χ1) is 22.5. The molecule has 252 valence electrons. The van der Waals surface area contributed by atoms with Gasteiger partial charge in [0.1, 0.15) is 0 Å². The van der Waals surface area contributed by atoms with E-state index in [-0.39, 0.29) is 24.8 Å². The van der Waals surface area contributed by atoms with Crippen LogP contribution in [-0.4, -0.2) is 16.8 Å². The molecule has 7 rings (SSSR count). The fourth-order valence-electron chi connectivity index (χ4n) is 8.99. The average Bonchev–Trinajstić information content (AvgIpc) is 3.61. The third kappa shape index (κ3) is 6.12. The molecule has 0 aliphatic heterocycles. The van der Waals surface area contributed by atoms with Crippen molar-refractivity contribution in [3.63, 3.8) is 0 Å². The summed E-state index contributed by atoms with van der Waals surface area (Å²) in [5.74, 6) is 0.835. The maximum Gasteiger partial charge on any atom is -0.147 e. The Morgan fingerprint density at radius 3 is 1.37 bits per heavy atom. The van der Waals surface area contributed by atoms with Gasteiger partial charge in [0.25, 0.3) is 0 Å². The molecule has 3 aromatic carbocycles. The number of fused-ring (bicyclic) bond motifs is 2. The molecule has 0 N–H and O–H groups in total. The second-order valence-electron chi connectivity index (χ2n) is 15.1. The van der Waals surface area contributed by atoms with E-state index in [9.17, 15) is 0 Å². The minimum absolute atomic E-state index is 0. The van der Waals surface area contributed by atoms with Gasteiger partial charge in [0.2, 0.25) is 0 Å². The maximum absolute atomic E-state index is 4.87. The van der Waals surface area contributed by atoms with Crippen LogP contribution in [0, 0.1) is 0 Å². The van der Waals surface area contributed by atoms with Gasteiger partial charge in [-0.15, -0.1) is 24.8 Å². The molecule has 49 heavy (non-hydrogen) atoms. The quantitative estimate of drug-likeness (QED) is 0.154. The van der Waals surface area contributed by atoms with Gasteiger partial charge >= 0.3 is 285 Å². The number of hydrogen-bond donors (Lipinski definition) is 0. The fraction of sp³-hybridized carbons (Fsp3) is 0.256. The van der Waals surface area contributed by atoms with Gasteiger partial charge in [-0.3, -0.25) is 0 Å². The Morgan fingerprint density at radius 2 is 1.00 bits per heavy atom. The molecule has 2 aromatic heterocycles. The average molecular weight is 783 g/mol. The molecular formula is C43H48Cl2N2SiZr. The van der Waals surface area contributed by atoms with Crippen LogP contribution in [0.5, 0.6) is 0 Å². The first-order valence-electron chi connectivity index (χ1n) is 17.1. The van der Waals surface area contributed by atoms with Crippen molar-refractivity contribution in [2.75, 3.05) is 0 Å². The zero-order valence-electron chi connectivity index (χ0n) is 29.7. The standard InChI is InChI=1S/2C18H18N.C6H5.CH3.2ClH.H2Si.Zr/c2*1-12(2)14-10-15-8-13(3)9-16(15)17(11-14)18-6-4-5-7-19-18;1-2-4-6-5-3-1;;;;;/h2*4-12H,1-3H3;1-5H;1H3;2*1H;1H2;. The van der Waals surface area contributed by atoms with Crippen molar-refractivity contribution < 1.29 is 17.4 Å². The summed E-state index contributed by atoms with van der Waals surface area (Å²) < 4.78 is 5.06. The fourth-order valence-corrected chi connectivity index (χ4v) is 34.1. The van der Waals surface area contributed by atoms with E-state index in [0.29, 0.717) is 19.1 Å². The Labute approximate surface area is 307 Å². The summed E-state index contributed by atoms with van der Waals surface area (Å²) in [6, 6.07) is 34.2.